The second-order valence-corrected chi connectivity index (χ2v) is 13.1. The largest absolute Gasteiger partial charge is 0.398 e. The summed E-state index contributed by atoms with van der Waals surface area (Å²) in [4.78, 5) is 1.33. The third-order valence-electron chi connectivity index (χ3n) is 8.30. The fourth-order valence-corrected chi connectivity index (χ4v) is 6.81. The molecule has 5 atom stereocenters. The fourth-order valence-electron chi connectivity index (χ4n) is 5.72. The highest BCUT2D eigenvalue weighted by atomic mass is 32.1. The van der Waals surface area contributed by atoms with Gasteiger partial charge in [-0.05, 0) is 54.8 Å². The molecule has 6 nitrogen and oxygen atoms in total. The number of unbranched alkanes of at least 4 members (excludes halogenated alkanes) is 4. The Morgan fingerprint density at radius 2 is 1.36 bits per heavy atom. The molecule has 1 aliphatic rings. The number of benzene rings is 2. The summed E-state index contributed by atoms with van der Waals surface area (Å²) in [7, 11) is 0. The van der Waals surface area contributed by atoms with Gasteiger partial charge in [0.1, 0.15) is 30.5 Å². The molecule has 0 amide bonds. The van der Waals surface area contributed by atoms with Crippen LogP contribution in [0.1, 0.15) is 101 Å². The molecule has 3 aromatic rings. The topological polar surface area (TPSA) is 72.2 Å². The first-order valence-electron chi connectivity index (χ1n) is 17.0. The van der Waals surface area contributed by atoms with Gasteiger partial charge in [0.15, 0.2) is 0 Å². The van der Waals surface area contributed by atoms with Crippen molar-refractivity contribution in [3.05, 3.63) is 64.5 Å². The van der Waals surface area contributed by atoms with Gasteiger partial charge in [0.2, 0.25) is 0 Å². The van der Waals surface area contributed by atoms with Crippen LogP contribution in [0.3, 0.4) is 0 Å². The Morgan fingerprint density at radius 1 is 0.727 bits per heavy atom. The van der Waals surface area contributed by atoms with Crippen LogP contribution in [0.4, 0.5) is 5.69 Å². The van der Waals surface area contributed by atoms with E-state index in [0.29, 0.717) is 38.7 Å². The van der Waals surface area contributed by atoms with Crippen LogP contribution in [0.2, 0.25) is 0 Å². The summed E-state index contributed by atoms with van der Waals surface area (Å²) in [5.74, 6) is 0. The number of nitrogens with two attached hydrogens (primary N) is 1. The van der Waals surface area contributed by atoms with Gasteiger partial charge in [-0.2, -0.15) is 0 Å². The van der Waals surface area contributed by atoms with Crippen LogP contribution in [-0.2, 0) is 30.1 Å². The van der Waals surface area contributed by atoms with Crippen LogP contribution in [-0.4, -0.2) is 57.5 Å². The van der Waals surface area contributed by atoms with Crippen molar-refractivity contribution >= 4 is 27.1 Å². The number of thiophene rings is 1. The summed E-state index contributed by atoms with van der Waals surface area (Å²) < 4.78 is 34.4. The van der Waals surface area contributed by atoms with Crippen molar-refractivity contribution in [1.29, 1.82) is 0 Å². The van der Waals surface area contributed by atoms with Crippen LogP contribution in [0.15, 0.2) is 48.5 Å². The molecule has 0 bridgehead atoms. The Hall–Kier alpha value is -2.00. The molecule has 1 aliphatic heterocycles. The standard InChI is InChI=1S/C37H55NO5S/c1-5-9-19-39-26-32-35(40-20-10-6-2)37(42-22-12-8-4)36(41-21-11-7-3)34(43-32)30-24-27(17-18-31(30)38)23-29-25-28-15-13-14-16-33(28)44-29/h13-18,24-25,32,34-37H,5-12,19-23,26,38H2,1-4H3/t32-,34+,35-,36+,37+/m1/s1. The highest BCUT2D eigenvalue weighted by molar-refractivity contribution is 7.19. The van der Waals surface area contributed by atoms with Crippen molar-refractivity contribution in [3.63, 3.8) is 0 Å². The molecule has 4 rings (SSSR count). The lowest BCUT2D eigenvalue weighted by Gasteiger charge is -2.46. The number of rotatable bonds is 20. The Labute approximate surface area is 269 Å². The number of hydrogen-bond donors (Lipinski definition) is 1. The van der Waals surface area contributed by atoms with Gasteiger partial charge in [0, 0.05) is 53.7 Å². The Balaban J connectivity index is 1.68. The maximum absolute atomic E-state index is 6.98. The van der Waals surface area contributed by atoms with E-state index in [0.717, 1.165) is 63.4 Å². The Bertz CT molecular complexity index is 1200. The highest BCUT2D eigenvalue weighted by Gasteiger charge is 2.49. The normalized spacial score (nSPS) is 22.1. The van der Waals surface area contributed by atoms with Gasteiger partial charge >= 0.3 is 0 Å². The minimum atomic E-state index is -0.397. The molecule has 1 aromatic heterocycles. The first kappa shape index (κ1) is 34.9. The van der Waals surface area contributed by atoms with E-state index in [1.165, 1.54) is 20.5 Å². The summed E-state index contributed by atoms with van der Waals surface area (Å²) in [5.41, 5.74) is 9.62. The van der Waals surface area contributed by atoms with E-state index in [4.69, 9.17) is 29.4 Å². The van der Waals surface area contributed by atoms with Gasteiger partial charge in [-0.3, -0.25) is 0 Å². The predicted octanol–water partition coefficient (Wildman–Crippen LogP) is 8.89. The zero-order valence-electron chi connectivity index (χ0n) is 27.4. The van der Waals surface area contributed by atoms with Crippen LogP contribution in [0.25, 0.3) is 10.1 Å². The number of anilines is 1. The van der Waals surface area contributed by atoms with Gasteiger partial charge in [-0.15, -0.1) is 11.3 Å². The second kappa shape index (κ2) is 18.8. The number of nitrogen functional groups attached to an aromatic ring is 1. The smallest absolute Gasteiger partial charge is 0.117 e. The molecule has 2 N–H and O–H groups in total. The van der Waals surface area contributed by atoms with E-state index in [1.807, 2.05) is 17.4 Å². The van der Waals surface area contributed by atoms with Crippen molar-refractivity contribution in [2.75, 3.05) is 38.8 Å². The first-order valence-corrected chi connectivity index (χ1v) is 17.8. The van der Waals surface area contributed by atoms with Crippen LogP contribution >= 0.6 is 11.3 Å². The van der Waals surface area contributed by atoms with E-state index in [2.05, 4.69) is 70.2 Å². The molecule has 1 fully saturated rings. The first-order chi connectivity index (χ1) is 21.6. The van der Waals surface area contributed by atoms with Gasteiger partial charge in [0.05, 0.1) is 6.61 Å². The fraction of sp³-hybridized carbons (Fsp3) is 0.622. The van der Waals surface area contributed by atoms with E-state index in [9.17, 15) is 0 Å². The van der Waals surface area contributed by atoms with Crippen molar-refractivity contribution in [2.24, 2.45) is 0 Å². The summed E-state index contributed by atoms with van der Waals surface area (Å²) >= 11 is 1.85. The SMILES string of the molecule is CCCCOC[C@H]1O[C@@H](c2cc(Cc3cc4ccccc4s3)ccc2N)[C@H](OCCCC)[C@@H](OCCCC)[C@@H]1OCCCC. The van der Waals surface area contributed by atoms with Crippen LogP contribution in [0.5, 0.6) is 0 Å². The second-order valence-electron chi connectivity index (χ2n) is 12.0. The van der Waals surface area contributed by atoms with Crippen molar-refractivity contribution in [1.82, 2.24) is 0 Å². The third-order valence-corrected chi connectivity index (χ3v) is 9.41. The molecule has 0 aliphatic carbocycles. The Morgan fingerprint density at radius 3 is 2.05 bits per heavy atom. The molecule has 2 heterocycles. The van der Waals surface area contributed by atoms with Crippen molar-refractivity contribution in [2.45, 2.75) is 116 Å². The number of fused-ring (bicyclic) bond motifs is 1. The highest BCUT2D eigenvalue weighted by Crippen LogP contribution is 2.40. The number of ether oxygens (including phenoxy) is 5. The molecule has 0 spiro atoms. The molecular formula is C37H55NO5S. The molecule has 44 heavy (non-hydrogen) atoms. The summed E-state index contributed by atoms with van der Waals surface area (Å²) in [6.45, 7) is 11.8. The zero-order valence-corrected chi connectivity index (χ0v) is 28.2. The molecule has 0 saturated carbocycles. The molecule has 244 valence electrons. The predicted molar refractivity (Wildman–Crippen MR) is 183 cm³/mol. The maximum Gasteiger partial charge on any atom is 0.117 e. The Kier molecular flexibility index (Phi) is 14.9. The van der Waals surface area contributed by atoms with E-state index >= 15 is 0 Å². The van der Waals surface area contributed by atoms with Gasteiger partial charge < -0.3 is 29.4 Å². The van der Waals surface area contributed by atoms with E-state index in [-0.39, 0.29) is 24.4 Å². The molecular weight excluding hydrogens is 570 g/mol. The maximum atomic E-state index is 6.98. The average molecular weight is 626 g/mol. The molecule has 7 heteroatoms. The monoisotopic (exact) mass is 625 g/mol. The zero-order chi connectivity index (χ0) is 31.1. The third kappa shape index (κ3) is 9.75. The molecule has 1 saturated heterocycles. The van der Waals surface area contributed by atoms with Crippen molar-refractivity contribution < 1.29 is 23.7 Å². The van der Waals surface area contributed by atoms with E-state index < -0.39 is 6.10 Å². The van der Waals surface area contributed by atoms with Crippen LogP contribution in [0, 0.1) is 0 Å². The van der Waals surface area contributed by atoms with Crippen LogP contribution < -0.4 is 5.73 Å². The van der Waals surface area contributed by atoms with Gasteiger partial charge in [-0.25, -0.2) is 0 Å². The lowest BCUT2D eigenvalue weighted by molar-refractivity contribution is -0.268. The van der Waals surface area contributed by atoms with Gasteiger partial charge in [-0.1, -0.05) is 83.7 Å². The molecule has 2 aromatic carbocycles. The summed E-state index contributed by atoms with van der Waals surface area (Å²) in [6, 6.07) is 17.2. The minimum Gasteiger partial charge on any atom is -0.398 e. The summed E-state index contributed by atoms with van der Waals surface area (Å²) in [5, 5.41) is 1.29. The lowest BCUT2D eigenvalue weighted by atomic mass is 9.88. The van der Waals surface area contributed by atoms with E-state index in [1.54, 1.807) is 0 Å². The van der Waals surface area contributed by atoms with Gasteiger partial charge in [0.25, 0.3) is 0 Å². The molecule has 0 unspecified atom stereocenters. The average Bonchev–Trinajstić information content (AvgIpc) is 3.44. The van der Waals surface area contributed by atoms with Crippen molar-refractivity contribution in [3.8, 4) is 0 Å². The lowest BCUT2D eigenvalue weighted by Crippen LogP contribution is -2.58. The minimum absolute atomic E-state index is 0.286. The molecule has 0 radical (unpaired) electrons. The number of hydrogen-bond acceptors (Lipinski definition) is 7. The summed E-state index contributed by atoms with van der Waals surface area (Å²) in [6.07, 6.45) is 7.44. The quantitative estimate of drug-likeness (QED) is 0.0999.